The normalized spacial score (nSPS) is 13.0. The maximum atomic E-state index is 13.2. The lowest BCUT2D eigenvalue weighted by Gasteiger charge is -2.13. The van der Waals surface area contributed by atoms with Crippen molar-refractivity contribution in [2.45, 2.75) is 10.6 Å². The molecule has 1 N–H and O–H groups in total. The zero-order chi connectivity index (χ0) is 12.0. The summed E-state index contributed by atoms with van der Waals surface area (Å²) in [6.45, 7) is 0. The number of hydrogen-bond acceptors (Lipinski definition) is 4. The molecule has 0 saturated heterocycles. The Bertz CT molecular complexity index is 623. The summed E-state index contributed by atoms with van der Waals surface area (Å²) in [5.41, 5.74) is 0.985. The van der Waals surface area contributed by atoms with Gasteiger partial charge in [0, 0.05) is 21.8 Å². The van der Waals surface area contributed by atoms with Gasteiger partial charge in [0.2, 0.25) is 0 Å². The van der Waals surface area contributed by atoms with E-state index in [0.29, 0.717) is 22.6 Å². The molecule has 1 aromatic heterocycles. The van der Waals surface area contributed by atoms with Crippen molar-refractivity contribution in [3.05, 3.63) is 35.3 Å². The molecule has 17 heavy (non-hydrogen) atoms. The van der Waals surface area contributed by atoms with E-state index < -0.39 is 5.97 Å². The average molecular weight is 251 g/mol. The molecule has 1 aliphatic rings. The number of thioether (sulfide) groups is 1. The van der Waals surface area contributed by atoms with Gasteiger partial charge in [-0.2, -0.15) is 0 Å². The minimum atomic E-state index is -1.13. The van der Waals surface area contributed by atoms with Crippen molar-refractivity contribution in [3.63, 3.8) is 0 Å². The number of rotatable bonds is 1. The third-order valence-electron chi connectivity index (χ3n) is 2.55. The summed E-state index contributed by atoms with van der Waals surface area (Å²) >= 11 is 1.45. The van der Waals surface area contributed by atoms with E-state index in [1.54, 1.807) is 6.07 Å². The number of carboxylic acid groups (broad SMARTS) is 1. The minimum Gasteiger partial charge on any atom is -0.476 e. The first-order chi connectivity index (χ1) is 8.16. The van der Waals surface area contributed by atoms with Gasteiger partial charge in [-0.3, -0.25) is 0 Å². The van der Waals surface area contributed by atoms with Crippen molar-refractivity contribution in [2.24, 2.45) is 0 Å². The van der Waals surface area contributed by atoms with E-state index in [9.17, 15) is 9.18 Å². The summed E-state index contributed by atoms with van der Waals surface area (Å²) in [6.07, 6.45) is 0. The molecule has 0 unspecified atom stereocenters. The number of aromatic nitrogens is 1. The summed E-state index contributed by atoms with van der Waals surface area (Å²) in [4.78, 5) is 11.8. The number of carboxylic acids is 1. The van der Waals surface area contributed by atoms with Crippen LogP contribution in [0, 0.1) is 5.82 Å². The number of fused-ring (bicyclic) bond motifs is 3. The molecule has 86 valence electrons. The highest BCUT2D eigenvalue weighted by Crippen LogP contribution is 2.42. The Kier molecular flexibility index (Phi) is 2.19. The van der Waals surface area contributed by atoms with Crippen LogP contribution < -0.4 is 0 Å². The van der Waals surface area contributed by atoms with E-state index in [-0.39, 0.29) is 11.5 Å². The van der Waals surface area contributed by atoms with Crippen molar-refractivity contribution in [1.82, 2.24) is 5.16 Å². The first-order valence-corrected chi connectivity index (χ1v) is 5.80. The van der Waals surface area contributed by atoms with Crippen LogP contribution in [0.25, 0.3) is 11.3 Å². The summed E-state index contributed by atoms with van der Waals surface area (Å²) in [6, 6.07) is 4.35. The molecule has 0 aliphatic carbocycles. The molecule has 0 radical (unpaired) electrons. The summed E-state index contributed by atoms with van der Waals surface area (Å²) in [7, 11) is 0. The number of hydrogen-bond donors (Lipinski definition) is 1. The number of carbonyl (C=O) groups is 1. The van der Waals surface area contributed by atoms with E-state index in [1.807, 2.05) is 0 Å². The minimum absolute atomic E-state index is 0.0950. The topological polar surface area (TPSA) is 63.3 Å². The van der Waals surface area contributed by atoms with Gasteiger partial charge in [-0.05, 0) is 18.2 Å². The van der Waals surface area contributed by atoms with Gasteiger partial charge in [-0.25, -0.2) is 9.18 Å². The van der Waals surface area contributed by atoms with Crippen molar-refractivity contribution >= 4 is 17.7 Å². The van der Waals surface area contributed by atoms with Crippen LogP contribution in [0.3, 0.4) is 0 Å². The third-order valence-corrected chi connectivity index (χ3v) is 3.65. The third kappa shape index (κ3) is 1.52. The van der Waals surface area contributed by atoms with E-state index in [2.05, 4.69) is 5.16 Å². The Balaban J connectivity index is 2.23. The van der Waals surface area contributed by atoms with Crippen LogP contribution in [0.1, 0.15) is 16.1 Å². The molecular weight excluding hydrogens is 245 g/mol. The van der Waals surface area contributed by atoms with Gasteiger partial charge in [0.05, 0.1) is 0 Å². The molecule has 0 spiro atoms. The van der Waals surface area contributed by atoms with Gasteiger partial charge in [-0.15, -0.1) is 11.8 Å². The van der Waals surface area contributed by atoms with Crippen molar-refractivity contribution in [3.8, 4) is 11.3 Å². The molecule has 0 fully saturated rings. The lowest BCUT2D eigenvalue weighted by atomic mass is 10.1. The van der Waals surface area contributed by atoms with Gasteiger partial charge >= 0.3 is 5.97 Å². The largest absolute Gasteiger partial charge is 0.476 e. The summed E-state index contributed by atoms with van der Waals surface area (Å²) in [5.74, 6) is -0.685. The Hall–Kier alpha value is -1.82. The second-order valence-electron chi connectivity index (χ2n) is 3.57. The highest BCUT2D eigenvalue weighted by atomic mass is 32.2. The monoisotopic (exact) mass is 251 g/mol. The van der Waals surface area contributed by atoms with Crippen molar-refractivity contribution < 1.29 is 18.8 Å². The second kappa shape index (κ2) is 3.59. The smallest absolute Gasteiger partial charge is 0.358 e. The molecular formula is C11H6FNO3S. The maximum absolute atomic E-state index is 13.2. The zero-order valence-corrected chi connectivity index (χ0v) is 9.25. The highest BCUT2D eigenvalue weighted by Gasteiger charge is 2.28. The molecule has 2 aromatic rings. The van der Waals surface area contributed by atoms with Crippen molar-refractivity contribution in [1.29, 1.82) is 0 Å². The Labute approximate surface area is 99.4 Å². The molecule has 0 atom stereocenters. The van der Waals surface area contributed by atoms with E-state index in [0.717, 1.165) is 4.90 Å². The fourth-order valence-corrected chi connectivity index (χ4v) is 2.82. The highest BCUT2D eigenvalue weighted by molar-refractivity contribution is 7.98. The molecule has 0 amide bonds. The van der Waals surface area contributed by atoms with Crippen molar-refractivity contribution in [2.75, 3.05) is 0 Å². The Morgan fingerprint density at radius 2 is 2.35 bits per heavy atom. The zero-order valence-electron chi connectivity index (χ0n) is 8.44. The number of nitrogens with zero attached hydrogens (tertiary/aromatic N) is 1. The first kappa shape index (κ1) is 10.3. The molecule has 1 aliphatic heterocycles. The van der Waals surface area contributed by atoms with E-state index in [4.69, 9.17) is 9.63 Å². The fraction of sp³-hybridized carbons (Fsp3) is 0.0909. The average Bonchev–Trinajstić information content (AvgIpc) is 2.72. The predicted molar refractivity (Wildman–Crippen MR) is 58.4 cm³/mol. The first-order valence-electron chi connectivity index (χ1n) is 4.81. The standard InChI is InChI=1S/C11H6FNO3S/c12-5-1-2-8-6(3-5)10-7(4-17-8)9(11(14)15)13-16-10/h1-3H,4H2,(H,14,15). The van der Waals surface area contributed by atoms with Crippen LogP contribution >= 0.6 is 11.8 Å². The Morgan fingerprint density at radius 3 is 3.12 bits per heavy atom. The van der Waals surface area contributed by atoms with Gasteiger partial charge in [0.25, 0.3) is 0 Å². The quantitative estimate of drug-likeness (QED) is 0.844. The number of halogens is 1. The van der Waals surface area contributed by atoms with Crippen LogP contribution in [0.15, 0.2) is 27.6 Å². The molecule has 0 bridgehead atoms. The summed E-state index contributed by atoms with van der Waals surface area (Å²) < 4.78 is 18.2. The molecule has 1 aromatic carbocycles. The van der Waals surface area contributed by atoms with Gasteiger partial charge < -0.3 is 9.63 Å². The van der Waals surface area contributed by atoms with Gasteiger partial charge in [0.1, 0.15) is 5.82 Å². The van der Waals surface area contributed by atoms with Crippen LogP contribution in [0.2, 0.25) is 0 Å². The molecule has 3 rings (SSSR count). The van der Waals surface area contributed by atoms with Gasteiger partial charge in [0.15, 0.2) is 11.5 Å². The molecule has 2 heterocycles. The Morgan fingerprint density at radius 1 is 1.53 bits per heavy atom. The van der Waals surface area contributed by atoms with Crippen LogP contribution in [-0.2, 0) is 5.75 Å². The van der Waals surface area contributed by atoms with Crippen LogP contribution in [0.5, 0.6) is 0 Å². The molecule has 6 heteroatoms. The molecule has 4 nitrogen and oxygen atoms in total. The summed E-state index contributed by atoms with van der Waals surface area (Å²) in [5, 5.41) is 12.4. The number of benzene rings is 1. The van der Waals surface area contributed by atoms with E-state index in [1.165, 1.54) is 23.9 Å². The predicted octanol–water partition coefficient (Wildman–Crippen LogP) is 2.78. The SMILES string of the molecule is O=C(O)c1noc2c1CSc1ccc(F)cc1-2. The van der Waals surface area contributed by atoms with Crippen LogP contribution in [0.4, 0.5) is 4.39 Å². The number of aromatic carboxylic acids is 1. The maximum Gasteiger partial charge on any atom is 0.358 e. The van der Waals surface area contributed by atoms with Crippen LogP contribution in [-0.4, -0.2) is 16.2 Å². The lowest BCUT2D eigenvalue weighted by molar-refractivity contribution is 0.0685. The van der Waals surface area contributed by atoms with Gasteiger partial charge in [-0.1, -0.05) is 5.16 Å². The lowest BCUT2D eigenvalue weighted by Crippen LogP contribution is -2.03. The fourth-order valence-electron chi connectivity index (χ4n) is 1.78. The second-order valence-corrected chi connectivity index (χ2v) is 4.59. The van der Waals surface area contributed by atoms with E-state index >= 15 is 0 Å². The molecule has 0 saturated carbocycles.